The molecule has 0 aliphatic rings. The number of rotatable bonds is 0. The van der Waals surface area contributed by atoms with Gasteiger partial charge in [0.1, 0.15) is 5.75 Å². The SMILES string of the molecule is Brc1ccccc1.Oc1ccccc1. The molecule has 0 saturated carbocycles. The van der Waals surface area contributed by atoms with Crippen LogP contribution in [0.3, 0.4) is 0 Å². The first kappa shape index (κ1) is 10.8. The Hall–Kier alpha value is -1.28. The zero-order valence-corrected chi connectivity index (χ0v) is 9.18. The summed E-state index contributed by atoms with van der Waals surface area (Å²) in [6.07, 6.45) is 0. The monoisotopic (exact) mass is 250 g/mol. The molecule has 0 saturated heterocycles. The maximum atomic E-state index is 8.63. The number of phenols is 1. The minimum Gasteiger partial charge on any atom is -0.508 e. The van der Waals surface area contributed by atoms with E-state index in [1.54, 1.807) is 24.3 Å². The summed E-state index contributed by atoms with van der Waals surface area (Å²) in [5.74, 6) is 0.322. The number of aromatic hydroxyl groups is 1. The van der Waals surface area contributed by atoms with Crippen LogP contribution < -0.4 is 0 Å². The minimum absolute atomic E-state index is 0.322. The third kappa shape index (κ3) is 4.67. The highest BCUT2D eigenvalue weighted by Crippen LogP contribution is 2.05. The van der Waals surface area contributed by atoms with Crippen molar-refractivity contribution in [3.05, 3.63) is 65.1 Å². The fourth-order valence-electron chi connectivity index (χ4n) is 0.843. The summed E-state index contributed by atoms with van der Waals surface area (Å²) in [7, 11) is 0. The molecule has 0 heterocycles. The maximum Gasteiger partial charge on any atom is 0.115 e. The highest BCUT2D eigenvalue weighted by Gasteiger charge is 1.75. The van der Waals surface area contributed by atoms with Gasteiger partial charge in [0.2, 0.25) is 0 Å². The smallest absolute Gasteiger partial charge is 0.115 e. The highest BCUT2D eigenvalue weighted by atomic mass is 79.9. The van der Waals surface area contributed by atoms with Crippen molar-refractivity contribution in [1.82, 2.24) is 0 Å². The van der Waals surface area contributed by atoms with Crippen molar-refractivity contribution in [3.8, 4) is 5.75 Å². The predicted octanol–water partition coefficient (Wildman–Crippen LogP) is 3.84. The lowest BCUT2D eigenvalue weighted by Gasteiger charge is -1.82. The van der Waals surface area contributed by atoms with Gasteiger partial charge in [-0.3, -0.25) is 0 Å². The second-order valence-corrected chi connectivity index (χ2v) is 3.55. The molecule has 1 N–H and O–H groups in total. The maximum absolute atomic E-state index is 8.63. The van der Waals surface area contributed by atoms with E-state index in [4.69, 9.17) is 5.11 Å². The largest absolute Gasteiger partial charge is 0.508 e. The zero-order chi connectivity index (χ0) is 10.2. The van der Waals surface area contributed by atoms with E-state index in [1.807, 2.05) is 36.4 Å². The van der Waals surface area contributed by atoms with Gasteiger partial charge < -0.3 is 5.11 Å². The Balaban J connectivity index is 0.000000140. The number of para-hydroxylation sites is 1. The third-order valence-electron chi connectivity index (χ3n) is 1.49. The number of hydrogen-bond acceptors (Lipinski definition) is 1. The van der Waals surface area contributed by atoms with E-state index in [2.05, 4.69) is 15.9 Å². The molecule has 0 aromatic heterocycles. The molecular weight excluding hydrogens is 240 g/mol. The van der Waals surface area contributed by atoms with Crippen molar-refractivity contribution in [3.63, 3.8) is 0 Å². The van der Waals surface area contributed by atoms with Crippen LogP contribution >= 0.6 is 15.9 Å². The summed E-state index contributed by atoms with van der Waals surface area (Å²) in [4.78, 5) is 0. The number of phenolic OH excluding ortho intramolecular Hbond substituents is 1. The van der Waals surface area contributed by atoms with Crippen molar-refractivity contribution in [2.45, 2.75) is 0 Å². The van der Waals surface area contributed by atoms with Crippen LogP contribution in [0.5, 0.6) is 5.75 Å². The Morgan fingerprint density at radius 1 is 0.714 bits per heavy atom. The molecule has 2 heteroatoms. The molecule has 72 valence electrons. The average molecular weight is 251 g/mol. The average Bonchev–Trinajstić information content (AvgIpc) is 2.21. The van der Waals surface area contributed by atoms with E-state index in [0.717, 1.165) is 4.47 Å². The fourth-order valence-corrected chi connectivity index (χ4v) is 1.15. The molecule has 0 bridgehead atoms. The lowest BCUT2D eigenvalue weighted by Crippen LogP contribution is -1.56. The van der Waals surface area contributed by atoms with Gasteiger partial charge in [-0.05, 0) is 24.3 Å². The Labute approximate surface area is 92.2 Å². The summed E-state index contributed by atoms with van der Waals surface area (Å²) >= 11 is 3.31. The zero-order valence-electron chi connectivity index (χ0n) is 7.60. The van der Waals surface area contributed by atoms with E-state index in [0.29, 0.717) is 5.75 Å². The van der Waals surface area contributed by atoms with Gasteiger partial charge in [0.25, 0.3) is 0 Å². The molecule has 2 rings (SSSR count). The summed E-state index contributed by atoms with van der Waals surface area (Å²) in [5.41, 5.74) is 0. The van der Waals surface area contributed by atoms with Crippen LogP contribution in [0.2, 0.25) is 0 Å². The predicted molar refractivity (Wildman–Crippen MR) is 62.2 cm³/mol. The molecule has 0 aliphatic heterocycles. The highest BCUT2D eigenvalue weighted by molar-refractivity contribution is 9.10. The van der Waals surface area contributed by atoms with Gasteiger partial charge in [0.05, 0.1) is 0 Å². The van der Waals surface area contributed by atoms with Crippen LogP contribution in [-0.4, -0.2) is 5.11 Å². The molecule has 0 spiro atoms. The Morgan fingerprint density at radius 2 is 1.14 bits per heavy atom. The quantitative estimate of drug-likeness (QED) is 0.754. The molecule has 14 heavy (non-hydrogen) atoms. The molecule has 0 amide bonds. The fraction of sp³-hybridized carbons (Fsp3) is 0. The van der Waals surface area contributed by atoms with E-state index in [-0.39, 0.29) is 0 Å². The summed E-state index contributed by atoms with van der Waals surface area (Å²) in [5, 5.41) is 8.63. The van der Waals surface area contributed by atoms with Gasteiger partial charge in [-0.15, -0.1) is 0 Å². The van der Waals surface area contributed by atoms with Crippen LogP contribution in [-0.2, 0) is 0 Å². The topological polar surface area (TPSA) is 20.2 Å². The first-order valence-electron chi connectivity index (χ1n) is 4.23. The normalized spacial score (nSPS) is 8.64. The molecule has 2 aromatic carbocycles. The van der Waals surface area contributed by atoms with Crippen LogP contribution in [0.1, 0.15) is 0 Å². The lowest BCUT2D eigenvalue weighted by molar-refractivity contribution is 0.475. The Morgan fingerprint density at radius 3 is 1.36 bits per heavy atom. The summed E-state index contributed by atoms with van der Waals surface area (Å²) in [6, 6.07) is 18.7. The van der Waals surface area contributed by atoms with Crippen LogP contribution in [0, 0.1) is 0 Å². The first-order valence-corrected chi connectivity index (χ1v) is 5.03. The van der Waals surface area contributed by atoms with Gasteiger partial charge in [0, 0.05) is 4.47 Å². The van der Waals surface area contributed by atoms with Gasteiger partial charge in [-0.25, -0.2) is 0 Å². The van der Waals surface area contributed by atoms with Crippen molar-refractivity contribution in [2.75, 3.05) is 0 Å². The van der Waals surface area contributed by atoms with Crippen molar-refractivity contribution in [1.29, 1.82) is 0 Å². The molecule has 0 fully saturated rings. The van der Waals surface area contributed by atoms with Crippen LogP contribution in [0.4, 0.5) is 0 Å². The minimum atomic E-state index is 0.322. The van der Waals surface area contributed by atoms with Gasteiger partial charge in [0.15, 0.2) is 0 Å². The molecular formula is C12H11BrO. The Bertz CT molecular complexity index is 308. The van der Waals surface area contributed by atoms with Crippen LogP contribution in [0.25, 0.3) is 0 Å². The molecule has 0 radical (unpaired) electrons. The number of hydrogen-bond donors (Lipinski definition) is 1. The van der Waals surface area contributed by atoms with Gasteiger partial charge in [-0.2, -0.15) is 0 Å². The van der Waals surface area contributed by atoms with E-state index in [1.165, 1.54) is 0 Å². The van der Waals surface area contributed by atoms with Gasteiger partial charge >= 0.3 is 0 Å². The second kappa shape index (κ2) is 6.22. The van der Waals surface area contributed by atoms with E-state index in [9.17, 15) is 0 Å². The summed E-state index contributed by atoms with van der Waals surface area (Å²) < 4.78 is 1.13. The number of benzene rings is 2. The third-order valence-corrected chi connectivity index (χ3v) is 2.02. The Kier molecular flexibility index (Phi) is 4.79. The molecule has 0 atom stereocenters. The molecule has 1 nitrogen and oxygen atoms in total. The molecule has 0 aliphatic carbocycles. The van der Waals surface area contributed by atoms with Crippen molar-refractivity contribution in [2.24, 2.45) is 0 Å². The summed E-state index contributed by atoms with van der Waals surface area (Å²) in [6.45, 7) is 0. The molecule has 0 unspecified atom stereocenters. The van der Waals surface area contributed by atoms with Crippen molar-refractivity contribution < 1.29 is 5.11 Å². The number of halogens is 1. The van der Waals surface area contributed by atoms with Crippen LogP contribution in [0.15, 0.2) is 65.1 Å². The van der Waals surface area contributed by atoms with E-state index >= 15 is 0 Å². The lowest BCUT2D eigenvalue weighted by atomic mass is 10.3. The van der Waals surface area contributed by atoms with E-state index < -0.39 is 0 Å². The first-order chi connectivity index (χ1) is 6.79. The molecule has 2 aromatic rings. The van der Waals surface area contributed by atoms with Gasteiger partial charge in [-0.1, -0.05) is 52.3 Å². The standard InChI is InChI=1S/C6H5Br.C6H6O/c2*7-6-4-2-1-3-5-6/h1-5H;1-5,7H. The van der Waals surface area contributed by atoms with Crippen molar-refractivity contribution >= 4 is 15.9 Å². The second-order valence-electron chi connectivity index (χ2n) is 2.63.